The highest BCUT2D eigenvalue weighted by molar-refractivity contribution is 5.64. The number of phenolic OH excluding ortho intramolecular Hbond substituents is 1. The van der Waals surface area contributed by atoms with Crippen molar-refractivity contribution >= 4 is 11.4 Å². The van der Waals surface area contributed by atoms with Gasteiger partial charge in [0.25, 0.3) is 0 Å². The highest BCUT2D eigenvalue weighted by Crippen LogP contribution is 2.26. The zero-order valence-corrected chi connectivity index (χ0v) is 20.6. The highest BCUT2D eigenvalue weighted by Gasteiger charge is 2.05. The summed E-state index contributed by atoms with van der Waals surface area (Å²) in [6, 6.07) is 15.9. The van der Waals surface area contributed by atoms with Gasteiger partial charge >= 0.3 is 0 Å². The second-order valence-electron chi connectivity index (χ2n) is 9.39. The van der Waals surface area contributed by atoms with Gasteiger partial charge in [0.2, 0.25) is 0 Å². The molecule has 178 valence electrons. The van der Waals surface area contributed by atoms with E-state index >= 15 is 0 Å². The van der Waals surface area contributed by atoms with E-state index in [9.17, 15) is 5.11 Å². The van der Waals surface area contributed by atoms with Crippen LogP contribution >= 0.6 is 0 Å². The van der Waals surface area contributed by atoms with Crippen molar-refractivity contribution < 1.29 is 5.11 Å². The van der Waals surface area contributed by atoms with Crippen molar-refractivity contribution in [1.29, 1.82) is 0 Å². The molecule has 0 heterocycles. The molecule has 32 heavy (non-hydrogen) atoms. The summed E-state index contributed by atoms with van der Waals surface area (Å²) < 4.78 is 0. The first-order chi connectivity index (χ1) is 15.8. The summed E-state index contributed by atoms with van der Waals surface area (Å²) in [4.78, 5) is 0. The Balaban J connectivity index is 1.47. The van der Waals surface area contributed by atoms with Crippen molar-refractivity contribution in [3.8, 4) is 5.75 Å². The Morgan fingerprint density at radius 2 is 1.09 bits per heavy atom. The van der Waals surface area contributed by atoms with Crippen LogP contribution in [0.5, 0.6) is 5.75 Å². The standard InChI is InChI=1S/C30H47NO/c1-2-3-4-5-6-7-8-9-10-11-12-13-14-15-16-18-21-27-26-29(32)24-25-30(27)31-28-22-19-17-20-23-28/h17,19-20,22-26,31-32H,2-16,18,21H2,1H3. The van der Waals surface area contributed by atoms with Gasteiger partial charge in [0, 0.05) is 11.4 Å². The minimum absolute atomic E-state index is 0.357. The second kappa shape index (κ2) is 17.6. The maximum atomic E-state index is 9.91. The van der Waals surface area contributed by atoms with Gasteiger partial charge in [0.1, 0.15) is 5.75 Å². The fourth-order valence-electron chi connectivity index (χ4n) is 4.45. The fourth-order valence-corrected chi connectivity index (χ4v) is 4.45. The monoisotopic (exact) mass is 437 g/mol. The molecule has 0 bridgehead atoms. The molecule has 0 aromatic heterocycles. The van der Waals surface area contributed by atoms with Crippen LogP contribution in [0, 0.1) is 0 Å². The van der Waals surface area contributed by atoms with Crippen molar-refractivity contribution in [3.63, 3.8) is 0 Å². The van der Waals surface area contributed by atoms with Crippen molar-refractivity contribution in [2.75, 3.05) is 5.32 Å². The van der Waals surface area contributed by atoms with Crippen molar-refractivity contribution in [1.82, 2.24) is 0 Å². The van der Waals surface area contributed by atoms with E-state index in [1.54, 1.807) is 6.07 Å². The molecule has 0 radical (unpaired) electrons. The van der Waals surface area contributed by atoms with E-state index < -0.39 is 0 Å². The topological polar surface area (TPSA) is 32.3 Å². The fraction of sp³-hybridized carbons (Fsp3) is 0.600. The highest BCUT2D eigenvalue weighted by atomic mass is 16.3. The average molecular weight is 438 g/mol. The van der Waals surface area contributed by atoms with E-state index in [0.717, 1.165) is 17.8 Å². The lowest BCUT2D eigenvalue weighted by Crippen LogP contribution is -1.96. The normalized spacial score (nSPS) is 11.0. The van der Waals surface area contributed by atoms with Gasteiger partial charge in [0.05, 0.1) is 0 Å². The molecular formula is C30H47NO. The molecule has 2 aromatic carbocycles. The number of nitrogens with one attached hydrogen (secondary N) is 1. The van der Waals surface area contributed by atoms with Crippen molar-refractivity contribution in [2.45, 2.75) is 116 Å². The summed E-state index contributed by atoms with van der Waals surface area (Å²) in [6.45, 7) is 2.29. The van der Waals surface area contributed by atoms with Crippen LogP contribution in [0.2, 0.25) is 0 Å². The van der Waals surface area contributed by atoms with Crippen LogP contribution in [0.1, 0.15) is 115 Å². The van der Waals surface area contributed by atoms with E-state index in [1.807, 2.05) is 30.3 Å². The second-order valence-corrected chi connectivity index (χ2v) is 9.39. The number of aryl methyl sites for hydroxylation is 1. The van der Waals surface area contributed by atoms with E-state index in [0.29, 0.717) is 5.75 Å². The van der Waals surface area contributed by atoms with Crippen LogP contribution in [-0.4, -0.2) is 5.11 Å². The smallest absolute Gasteiger partial charge is 0.116 e. The molecule has 0 aliphatic carbocycles. The number of para-hydroxylation sites is 1. The number of unbranched alkanes of at least 4 members (excludes halogenated alkanes) is 15. The molecule has 2 aromatic rings. The summed E-state index contributed by atoms with van der Waals surface area (Å²) >= 11 is 0. The maximum absolute atomic E-state index is 9.91. The third-order valence-electron chi connectivity index (χ3n) is 6.44. The van der Waals surface area contributed by atoms with Gasteiger partial charge in [-0.1, -0.05) is 121 Å². The molecule has 0 saturated heterocycles. The van der Waals surface area contributed by atoms with Crippen LogP contribution in [-0.2, 0) is 6.42 Å². The zero-order valence-electron chi connectivity index (χ0n) is 20.6. The maximum Gasteiger partial charge on any atom is 0.116 e. The predicted molar refractivity (Wildman–Crippen MR) is 141 cm³/mol. The van der Waals surface area contributed by atoms with Gasteiger partial charge in [-0.15, -0.1) is 0 Å². The molecule has 0 aliphatic heterocycles. The lowest BCUT2D eigenvalue weighted by molar-refractivity contribution is 0.474. The summed E-state index contributed by atoms with van der Waals surface area (Å²) in [6.07, 6.45) is 23.3. The molecule has 0 unspecified atom stereocenters. The first kappa shape index (κ1) is 26.3. The van der Waals surface area contributed by atoms with Gasteiger partial charge in [-0.3, -0.25) is 0 Å². The van der Waals surface area contributed by atoms with E-state index in [-0.39, 0.29) is 0 Å². The Bertz CT molecular complexity index is 697. The van der Waals surface area contributed by atoms with Crippen LogP contribution in [0.25, 0.3) is 0 Å². The Labute approximate surface area is 197 Å². The summed E-state index contributed by atoms with van der Waals surface area (Å²) in [5.41, 5.74) is 3.40. The van der Waals surface area contributed by atoms with Crippen LogP contribution in [0.15, 0.2) is 48.5 Å². The molecule has 0 saturated carbocycles. The molecular weight excluding hydrogens is 390 g/mol. The number of anilines is 2. The molecule has 0 fully saturated rings. The largest absolute Gasteiger partial charge is 0.508 e. The number of aromatic hydroxyl groups is 1. The van der Waals surface area contributed by atoms with Gasteiger partial charge in [-0.2, -0.15) is 0 Å². The van der Waals surface area contributed by atoms with Gasteiger partial charge in [-0.05, 0) is 48.7 Å². The van der Waals surface area contributed by atoms with E-state index in [1.165, 1.54) is 108 Å². The summed E-state index contributed by atoms with van der Waals surface area (Å²) in [5.74, 6) is 0.357. The first-order valence-electron chi connectivity index (χ1n) is 13.4. The molecule has 0 aliphatic rings. The SMILES string of the molecule is CCCCCCCCCCCCCCCCCCc1cc(O)ccc1Nc1ccccc1. The van der Waals surface area contributed by atoms with Crippen LogP contribution in [0.3, 0.4) is 0 Å². The van der Waals surface area contributed by atoms with Gasteiger partial charge < -0.3 is 10.4 Å². The Kier molecular flexibility index (Phi) is 14.4. The average Bonchev–Trinajstić information content (AvgIpc) is 2.81. The van der Waals surface area contributed by atoms with E-state index in [2.05, 4.69) is 24.4 Å². The van der Waals surface area contributed by atoms with E-state index in [4.69, 9.17) is 0 Å². The number of benzene rings is 2. The van der Waals surface area contributed by atoms with Gasteiger partial charge in [0.15, 0.2) is 0 Å². The quantitative estimate of drug-likeness (QED) is 0.169. The predicted octanol–water partition coefficient (Wildman–Crippen LogP) is 9.94. The number of phenols is 1. The lowest BCUT2D eigenvalue weighted by Gasteiger charge is -2.13. The Morgan fingerprint density at radius 3 is 1.62 bits per heavy atom. The molecule has 0 amide bonds. The van der Waals surface area contributed by atoms with Crippen molar-refractivity contribution in [2.24, 2.45) is 0 Å². The zero-order chi connectivity index (χ0) is 22.7. The van der Waals surface area contributed by atoms with Gasteiger partial charge in [-0.25, -0.2) is 0 Å². The first-order valence-corrected chi connectivity index (χ1v) is 13.4. The van der Waals surface area contributed by atoms with Crippen LogP contribution < -0.4 is 5.32 Å². The van der Waals surface area contributed by atoms with Crippen LogP contribution in [0.4, 0.5) is 11.4 Å². The lowest BCUT2D eigenvalue weighted by atomic mass is 10.0. The molecule has 0 atom stereocenters. The number of rotatable bonds is 19. The van der Waals surface area contributed by atoms with Crippen molar-refractivity contribution in [3.05, 3.63) is 54.1 Å². The third kappa shape index (κ3) is 12.2. The minimum Gasteiger partial charge on any atom is -0.508 e. The number of hydrogen-bond acceptors (Lipinski definition) is 2. The minimum atomic E-state index is 0.357. The third-order valence-corrected chi connectivity index (χ3v) is 6.44. The summed E-state index contributed by atoms with van der Waals surface area (Å²) in [5, 5.41) is 13.4. The molecule has 2 N–H and O–H groups in total. The molecule has 2 rings (SSSR count). The number of hydrogen-bond donors (Lipinski definition) is 2. The summed E-state index contributed by atoms with van der Waals surface area (Å²) in [7, 11) is 0. The molecule has 2 heteroatoms. The molecule has 2 nitrogen and oxygen atoms in total. The Morgan fingerprint density at radius 1 is 0.594 bits per heavy atom. The molecule has 0 spiro atoms. The Hall–Kier alpha value is -1.96.